The van der Waals surface area contributed by atoms with Crippen LogP contribution < -0.4 is 5.73 Å². The number of nitrogens with two attached hydrogens (primary N) is 1. The Morgan fingerprint density at radius 1 is 1.32 bits per heavy atom. The van der Waals surface area contributed by atoms with Gasteiger partial charge in [0.25, 0.3) is 0 Å². The minimum absolute atomic E-state index is 0.193. The first kappa shape index (κ1) is 12.4. The number of nitrogens with one attached hydrogen (secondary N) is 1. The minimum Gasteiger partial charge on any atom is -0.340 e. The van der Waals surface area contributed by atoms with E-state index in [9.17, 15) is 0 Å². The lowest BCUT2D eigenvalue weighted by molar-refractivity contribution is 0.685. The third kappa shape index (κ3) is 2.19. The van der Waals surface area contributed by atoms with Gasteiger partial charge < -0.3 is 10.7 Å². The van der Waals surface area contributed by atoms with Crippen LogP contribution in [-0.2, 0) is 5.54 Å². The van der Waals surface area contributed by atoms with Gasteiger partial charge in [0, 0.05) is 5.56 Å². The predicted octanol–water partition coefficient (Wildman–Crippen LogP) is 3.46. The molecular weight excluding hydrogens is 234 g/mol. The van der Waals surface area contributed by atoms with Gasteiger partial charge in [0.1, 0.15) is 5.82 Å². The second-order valence-corrected chi connectivity index (χ2v) is 6.03. The minimum atomic E-state index is -0.193. The molecule has 0 spiro atoms. The molecule has 0 bridgehead atoms. The zero-order valence-electron chi connectivity index (χ0n) is 11.8. The van der Waals surface area contributed by atoms with Crippen molar-refractivity contribution in [3.63, 3.8) is 0 Å². The Morgan fingerprint density at radius 3 is 2.68 bits per heavy atom. The summed E-state index contributed by atoms with van der Waals surface area (Å²) >= 11 is 0. The quantitative estimate of drug-likeness (QED) is 0.882. The molecule has 1 aliphatic rings. The van der Waals surface area contributed by atoms with E-state index < -0.39 is 0 Å². The molecule has 0 amide bonds. The molecule has 0 aliphatic heterocycles. The molecule has 3 nitrogen and oxygen atoms in total. The number of benzene rings is 1. The van der Waals surface area contributed by atoms with Gasteiger partial charge in [0.05, 0.1) is 17.4 Å². The van der Waals surface area contributed by atoms with Crippen molar-refractivity contribution < 1.29 is 0 Å². The van der Waals surface area contributed by atoms with Gasteiger partial charge in [-0.2, -0.15) is 0 Å². The molecule has 1 heterocycles. The summed E-state index contributed by atoms with van der Waals surface area (Å²) in [5, 5.41) is 0. The molecular formula is C16H21N3. The summed E-state index contributed by atoms with van der Waals surface area (Å²) < 4.78 is 0. The van der Waals surface area contributed by atoms with Crippen molar-refractivity contribution >= 4 is 0 Å². The third-order valence-corrected chi connectivity index (χ3v) is 4.05. The average Bonchev–Trinajstić information content (AvgIpc) is 2.93. The van der Waals surface area contributed by atoms with Crippen LogP contribution in [0.15, 0.2) is 24.4 Å². The van der Waals surface area contributed by atoms with Gasteiger partial charge in [-0.25, -0.2) is 4.98 Å². The number of hydrogen-bond donors (Lipinski definition) is 2. The van der Waals surface area contributed by atoms with Crippen LogP contribution in [0.25, 0.3) is 11.3 Å². The fourth-order valence-electron chi connectivity index (χ4n) is 2.37. The van der Waals surface area contributed by atoms with Crippen molar-refractivity contribution in [2.45, 2.75) is 45.1 Å². The van der Waals surface area contributed by atoms with Crippen molar-refractivity contribution in [3.05, 3.63) is 41.3 Å². The first-order chi connectivity index (χ1) is 8.99. The Kier molecular flexibility index (Phi) is 2.75. The molecule has 3 N–H and O–H groups in total. The number of imidazole rings is 1. The highest BCUT2D eigenvalue weighted by Crippen LogP contribution is 2.41. The summed E-state index contributed by atoms with van der Waals surface area (Å²) in [7, 11) is 0. The van der Waals surface area contributed by atoms with Crippen LogP contribution in [0.2, 0.25) is 0 Å². The molecule has 0 atom stereocenters. The average molecular weight is 255 g/mol. The summed E-state index contributed by atoms with van der Waals surface area (Å²) in [5.41, 5.74) is 10.9. The molecule has 1 saturated carbocycles. The molecule has 1 aromatic heterocycles. The third-order valence-electron chi connectivity index (χ3n) is 4.05. The molecule has 100 valence electrons. The van der Waals surface area contributed by atoms with E-state index in [4.69, 9.17) is 5.73 Å². The number of nitrogens with zero attached hydrogens (tertiary/aromatic N) is 1. The van der Waals surface area contributed by atoms with Crippen LogP contribution in [-0.4, -0.2) is 9.97 Å². The second-order valence-electron chi connectivity index (χ2n) is 6.03. The molecule has 1 aromatic carbocycles. The lowest BCUT2D eigenvalue weighted by Gasteiger charge is -2.10. The molecule has 1 aliphatic carbocycles. The van der Waals surface area contributed by atoms with Crippen LogP contribution in [0, 0.1) is 6.92 Å². The number of hydrogen-bond acceptors (Lipinski definition) is 2. The van der Waals surface area contributed by atoms with E-state index in [0.29, 0.717) is 5.92 Å². The Balaban J connectivity index is 2.01. The number of aryl methyl sites for hydroxylation is 1. The SMILES string of the molecule is Cc1ccc(C(C)C)cc1-c1cnc(C2(N)CC2)[nH]1. The van der Waals surface area contributed by atoms with Crippen molar-refractivity contribution in [1.82, 2.24) is 9.97 Å². The Morgan fingerprint density at radius 2 is 2.05 bits per heavy atom. The van der Waals surface area contributed by atoms with Crippen LogP contribution in [0.4, 0.5) is 0 Å². The van der Waals surface area contributed by atoms with E-state index in [-0.39, 0.29) is 5.54 Å². The summed E-state index contributed by atoms with van der Waals surface area (Å²) in [6, 6.07) is 6.64. The van der Waals surface area contributed by atoms with Crippen LogP contribution in [0.5, 0.6) is 0 Å². The first-order valence-corrected chi connectivity index (χ1v) is 6.95. The monoisotopic (exact) mass is 255 g/mol. The van der Waals surface area contributed by atoms with Crippen LogP contribution in [0.3, 0.4) is 0 Å². The molecule has 0 radical (unpaired) electrons. The van der Waals surface area contributed by atoms with Crippen LogP contribution in [0.1, 0.15) is 49.6 Å². The second kappa shape index (κ2) is 4.20. The Labute approximate surface area is 114 Å². The first-order valence-electron chi connectivity index (χ1n) is 6.95. The fourth-order valence-corrected chi connectivity index (χ4v) is 2.37. The molecule has 1 fully saturated rings. The van der Waals surface area contributed by atoms with E-state index >= 15 is 0 Å². The van der Waals surface area contributed by atoms with Crippen molar-refractivity contribution in [1.29, 1.82) is 0 Å². The van der Waals surface area contributed by atoms with E-state index in [0.717, 1.165) is 24.4 Å². The lowest BCUT2D eigenvalue weighted by Crippen LogP contribution is -2.20. The fraction of sp³-hybridized carbons (Fsp3) is 0.438. The van der Waals surface area contributed by atoms with Gasteiger partial charge in [0.15, 0.2) is 0 Å². The maximum absolute atomic E-state index is 6.18. The van der Waals surface area contributed by atoms with Crippen molar-refractivity contribution in [2.24, 2.45) is 5.73 Å². The summed E-state index contributed by atoms with van der Waals surface area (Å²) in [6.07, 6.45) is 3.98. The van der Waals surface area contributed by atoms with Gasteiger partial charge >= 0.3 is 0 Å². The molecule has 0 unspecified atom stereocenters. The highest BCUT2D eigenvalue weighted by atomic mass is 15.0. The zero-order valence-corrected chi connectivity index (χ0v) is 11.8. The van der Waals surface area contributed by atoms with Gasteiger partial charge in [-0.05, 0) is 42.9 Å². The number of aromatic nitrogens is 2. The van der Waals surface area contributed by atoms with Gasteiger partial charge in [0.2, 0.25) is 0 Å². The Bertz CT molecular complexity index is 606. The van der Waals surface area contributed by atoms with Gasteiger partial charge in [-0.3, -0.25) is 0 Å². The Hall–Kier alpha value is -1.61. The van der Waals surface area contributed by atoms with Gasteiger partial charge in [-0.15, -0.1) is 0 Å². The summed E-state index contributed by atoms with van der Waals surface area (Å²) in [6.45, 7) is 6.56. The normalized spacial score (nSPS) is 16.9. The number of rotatable bonds is 3. The molecule has 19 heavy (non-hydrogen) atoms. The maximum atomic E-state index is 6.18. The standard InChI is InChI=1S/C16H21N3/c1-10(2)12-5-4-11(3)13(8-12)14-9-18-15(19-14)16(17)6-7-16/h4-5,8-10H,6-7,17H2,1-3H3,(H,18,19). The maximum Gasteiger partial charge on any atom is 0.126 e. The van der Waals surface area contributed by atoms with E-state index in [1.54, 1.807) is 0 Å². The van der Waals surface area contributed by atoms with E-state index in [2.05, 4.69) is 48.9 Å². The predicted molar refractivity (Wildman–Crippen MR) is 77.9 cm³/mol. The number of H-pyrrole nitrogens is 1. The van der Waals surface area contributed by atoms with E-state index in [1.165, 1.54) is 16.7 Å². The van der Waals surface area contributed by atoms with Crippen LogP contribution >= 0.6 is 0 Å². The van der Waals surface area contributed by atoms with E-state index in [1.807, 2.05) is 6.20 Å². The van der Waals surface area contributed by atoms with Crippen molar-refractivity contribution in [2.75, 3.05) is 0 Å². The highest BCUT2D eigenvalue weighted by molar-refractivity contribution is 5.64. The summed E-state index contributed by atoms with van der Waals surface area (Å²) in [5.74, 6) is 1.46. The zero-order chi connectivity index (χ0) is 13.6. The van der Waals surface area contributed by atoms with Crippen molar-refractivity contribution in [3.8, 4) is 11.3 Å². The lowest BCUT2D eigenvalue weighted by atomic mass is 9.96. The van der Waals surface area contributed by atoms with Gasteiger partial charge in [-0.1, -0.05) is 26.0 Å². The molecule has 2 aromatic rings. The summed E-state index contributed by atoms with van der Waals surface area (Å²) in [4.78, 5) is 7.86. The smallest absolute Gasteiger partial charge is 0.126 e. The topological polar surface area (TPSA) is 54.7 Å². The molecule has 3 rings (SSSR count). The number of aromatic amines is 1. The highest BCUT2D eigenvalue weighted by Gasteiger charge is 2.42. The molecule has 0 saturated heterocycles. The molecule has 3 heteroatoms. The largest absolute Gasteiger partial charge is 0.340 e.